The molecule has 1 aliphatic heterocycles. The van der Waals surface area contributed by atoms with Crippen LogP contribution in [0.1, 0.15) is 111 Å². The lowest BCUT2D eigenvalue weighted by atomic mass is 10.0. The molecule has 2 rings (SSSR count). The summed E-state index contributed by atoms with van der Waals surface area (Å²) in [6.07, 6.45) is 10.2. The third kappa shape index (κ3) is 13.3. The Kier molecular flexibility index (Phi) is 15.3. The van der Waals surface area contributed by atoms with Crippen molar-refractivity contribution in [3.05, 3.63) is 29.8 Å². The summed E-state index contributed by atoms with van der Waals surface area (Å²) in [4.78, 5) is 12.6. The Morgan fingerprint density at radius 1 is 1.02 bits per heavy atom. The Labute approximate surface area is 257 Å². The van der Waals surface area contributed by atoms with Crippen LogP contribution >= 0.6 is 0 Å². The number of methoxy groups -OCH3 is 1. The molecule has 6 nitrogen and oxygen atoms in total. The zero-order valence-electron chi connectivity index (χ0n) is 28.0. The van der Waals surface area contributed by atoms with Gasteiger partial charge in [-0.15, -0.1) is 0 Å². The molecular weight excluding hydrogens is 544 g/mol. The highest BCUT2D eigenvalue weighted by Crippen LogP contribution is 2.39. The summed E-state index contributed by atoms with van der Waals surface area (Å²) >= 11 is 0. The average Bonchev–Trinajstić information content (AvgIpc) is 3.21. The van der Waals surface area contributed by atoms with Crippen molar-refractivity contribution in [1.29, 1.82) is 0 Å². The van der Waals surface area contributed by atoms with Crippen LogP contribution in [0, 0.1) is 11.8 Å². The molecule has 0 aromatic heterocycles. The molecule has 3 atom stereocenters. The van der Waals surface area contributed by atoms with Gasteiger partial charge in [-0.1, -0.05) is 90.7 Å². The maximum absolute atomic E-state index is 12.6. The monoisotopic (exact) mass is 602 g/mol. The lowest BCUT2D eigenvalue weighted by Gasteiger charge is -2.40. The van der Waals surface area contributed by atoms with Crippen LogP contribution in [0.3, 0.4) is 0 Å². The second-order valence-corrected chi connectivity index (χ2v) is 18.3. The smallest absolute Gasteiger partial charge is 0.207 e. The number of Topliss-reactive ketones (excluding diaryl/α,β-unsaturated/α-hetero) is 1. The topological polar surface area (TPSA) is 63.2 Å². The molecule has 0 aliphatic carbocycles. The summed E-state index contributed by atoms with van der Waals surface area (Å²) in [5.41, 5.74) is 1.03. The van der Waals surface area contributed by atoms with Crippen LogP contribution in [0.5, 0.6) is 5.75 Å². The predicted molar refractivity (Wildman–Crippen MR) is 173 cm³/mol. The molecule has 0 bridgehead atoms. The van der Waals surface area contributed by atoms with Gasteiger partial charge in [-0.3, -0.25) is 4.79 Å². The molecule has 1 aromatic rings. The summed E-state index contributed by atoms with van der Waals surface area (Å²) in [7, 11) is -0.333. The molecule has 0 amide bonds. The van der Waals surface area contributed by atoms with Gasteiger partial charge in [-0.2, -0.15) is 0 Å². The molecule has 0 N–H and O–H groups in total. The first kappa shape index (κ1) is 36.5. The maximum atomic E-state index is 12.6. The molecule has 42 heavy (non-hydrogen) atoms. The highest BCUT2D eigenvalue weighted by Gasteiger charge is 2.44. The predicted octanol–water partition coefficient (Wildman–Crippen LogP) is 8.62. The number of unbranched alkanes of at least 4 members (excludes halogenated alkanes) is 6. The first-order valence-electron chi connectivity index (χ1n) is 16.0. The van der Waals surface area contributed by atoms with Crippen LogP contribution < -0.4 is 4.74 Å². The zero-order valence-corrected chi connectivity index (χ0v) is 29.0. The number of rotatable bonds is 18. The molecule has 1 aliphatic rings. The van der Waals surface area contributed by atoms with Gasteiger partial charge in [-0.25, -0.2) is 0 Å². The Balaban J connectivity index is 1.96. The first-order valence-corrected chi connectivity index (χ1v) is 19.0. The van der Waals surface area contributed by atoms with Crippen molar-refractivity contribution >= 4 is 14.1 Å². The maximum Gasteiger partial charge on any atom is 0.207 e. The highest BCUT2D eigenvalue weighted by molar-refractivity contribution is 6.74. The van der Waals surface area contributed by atoms with E-state index in [1.54, 1.807) is 7.11 Å². The lowest BCUT2D eigenvalue weighted by molar-refractivity contribution is -0.144. The van der Waals surface area contributed by atoms with Gasteiger partial charge in [0, 0.05) is 18.9 Å². The molecule has 238 valence electrons. The van der Waals surface area contributed by atoms with Crippen molar-refractivity contribution in [3.63, 3.8) is 0 Å². The van der Waals surface area contributed by atoms with E-state index in [1.165, 1.54) is 38.5 Å². The van der Waals surface area contributed by atoms with Gasteiger partial charge in [-0.05, 0) is 62.0 Å². The minimum absolute atomic E-state index is 0.0791. The lowest BCUT2D eigenvalue weighted by Crippen LogP contribution is -2.45. The van der Waals surface area contributed by atoms with Crippen molar-refractivity contribution in [1.82, 2.24) is 0 Å². The Morgan fingerprint density at radius 2 is 1.67 bits per heavy atom. The Hall–Kier alpha value is -1.69. The summed E-state index contributed by atoms with van der Waals surface area (Å²) in [6, 6.07) is 7.70. The molecule has 0 unspecified atom stereocenters. The third-order valence-electron chi connectivity index (χ3n) is 8.33. The standard InChI is InChI=1S/C35H58O6Si/c1-10-11-12-13-14-15-16-17-31(41-42(8,9)34(2,3)4)26-33-32(39-35(5,6)40-33)23-20-29(36)24-25-38-27-28-18-21-30(37-7)22-19-28/h18-19,21-22,31-33H,10-17,24-27H2,1-9H3/t31-,32+,33+/m1/s1. The molecule has 1 aromatic carbocycles. The SMILES string of the molecule is CCCCCCCCC[C@H](C[C@@H]1OC(C)(C)O[C@H]1C#CC(=O)CCOCc1ccc(OC)cc1)O[Si](C)(C)C(C)(C)C. The van der Waals surface area contributed by atoms with Crippen molar-refractivity contribution in [3.8, 4) is 17.6 Å². The van der Waals surface area contributed by atoms with Gasteiger partial charge in [0.2, 0.25) is 5.78 Å². The summed E-state index contributed by atoms with van der Waals surface area (Å²) in [5, 5.41) is 0.124. The average molecular weight is 603 g/mol. The fourth-order valence-corrected chi connectivity index (χ4v) is 6.23. The Bertz CT molecular complexity index is 985. The molecule has 0 spiro atoms. The number of ketones is 1. The first-order chi connectivity index (χ1) is 19.8. The second kappa shape index (κ2) is 17.6. The van der Waals surface area contributed by atoms with E-state index in [9.17, 15) is 4.79 Å². The van der Waals surface area contributed by atoms with Gasteiger partial charge < -0.3 is 23.4 Å². The quantitative estimate of drug-likeness (QED) is 0.0725. The van der Waals surface area contributed by atoms with Crippen molar-refractivity contribution in [2.24, 2.45) is 0 Å². The number of carbonyl (C=O) groups excluding carboxylic acids is 1. The van der Waals surface area contributed by atoms with E-state index in [0.29, 0.717) is 19.6 Å². The zero-order chi connectivity index (χ0) is 31.2. The number of hydrogen-bond acceptors (Lipinski definition) is 6. The van der Waals surface area contributed by atoms with Crippen LogP contribution in [0.2, 0.25) is 18.1 Å². The summed E-state index contributed by atoms with van der Waals surface area (Å²) < 4.78 is 30.3. The van der Waals surface area contributed by atoms with E-state index >= 15 is 0 Å². The molecular formula is C35H58O6Si. The minimum atomic E-state index is -1.97. The normalized spacial score (nSPS) is 19.3. The van der Waals surface area contributed by atoms with Gasteiger partial charge in [0.15, 0.2) is 14.1 Å². The van der Waals surface area contributed by atoms with E-state index in [-0.39, 0.29) is 29.5 Å². The molecule has 7 heteroatoms. The van der Waals surface area contributed by atoms with Crippen LogP contribution in [0.25, 0.3) is 0 Å². The van der Waals surface area contributed by atoms with Gasteiger partial charge in [0.1, 0.15) is 18.0 Å². The van der Waals surface area contributed by atoms with Crippen molar-refractivity contribution in [2.45, 2.75) is 155 Å². The molecule has 0 radical (unpaired) electrons. The minimum Gasteiger partial charge on any atom is -0.497 e. The van der Waals surface area contributed by atoms with E-state index < -0.39 is 20.2 Å². The van der Waals surface area contributed by atoms with Gasteiger partial charge in [0.05, 0.1) is 20.3 Å². The summed E-state index contributed by atoms with van der Waals surface area (Å²) in [6.45, 7) is 18.3. The Morgan fingerprint density at radius 3 is 2.29 bits per heavy atom. The number of carbonyl (C=O) groups is 1. The van der Waals surface area contributed by atoms with E-state index in [1.807, 2.05) is 38.1 Å². The van der Waals surface area contributed by atoms with E-state index in [2.05, 4.69) is 52.6 Å². The van der Waals surface area contributed by atoms with E-state index in [4.69, 9.17) is 23.4 Å². The molecule has 1 fully saturated rings. The third-order valence-corrected chi connectivity index (χ3v) is 12.9. The van der Waals surface area contributed by atoms with Crippen LogP contribution in [-0.4, -0.2) is 51.9 Å². The van der Waals surface area contributed by atoms with Crippen LogP contribution in [-0.2, 0) is 30.0 Å². The fraction of sp³-hybridized carbons (Fsp3) is 0.743. The number of ether oxygens (including phenoxy) is 4. The van der Waals surface area contributed by atoms with Crippen LogP contribution in [0.4, 0.5) is 0 Å². The fourth-order valence-electron chi connectivity index (χ4n) is 4.83. The second-order valence-electron chi connectivity index (χ2n) is 13.6. The summed E-state index contributed by atoms with van der Waals surface area (Å²) in [5.74, 6) is 5.79. The van der Waals surface area contributed by atoms with Gasteiger partial charge in [0.25, 0.3) is 0 Å². The van der Waals surface area contributed by atoms with Gasteiger partial charge >= 0.3 is 0 Å². The van der Waals surface area contributed by atoms with Crippen molar-refractivity contribution in [2.75, 3.05) is 13.7 Å². The van der Waals surface area contributed by atoms with Crippen molar-refractivity contribution < 1.29 is 28.2 Å². The van der Waals surface area contributed by atoms with E-state index in [0.717, 1.165) is 24.2 Å². The van der Waals surface area contributed by atoms with Crippen LogP contribution in [0.15, 0.2) is 24.3 Å². The largest absolute Gasteiger partial charge is 0.497 e. The number of hydrogen-bond donors (Lipinski definition) is 0. The number of benzene rings is 1. The molecule has 1 saturated heterocycles. The highest BCUT2D eigenvalue weighted by atomic mass is 28.4. The molecule has 1 heterocycles. The molecule has 0 saturated carbocycles.